The molecule has 0 fully saturated rings. The summed E-state index contributed by atoms with van der Waals surface area (Å²) in [5.41, 5.74) is -0.0531. The molecule has 0 saturated heterocycles. The van der Waals surface area contributed by atoms with E-state index < -0.39 is 5.97 Å². The summed E-state index contributed by atoms with van der Waals surface area (Å²) in [5.74, 6) is -0.962. The van der Waals surface area contributed by atoms with E-state index in [1.54, 1.807) is 0 Å². The van der Waals surface area contributed by atoms with Crippen LogP contribution in [0.15, 0.2) is 22.7 Å². The van der Waals surface area contributed by atoms with E-state index in [0.29, 0.717) is 5.75 Å². The summed E-state index contributed by atoms with van der Waals surface area (Å²) in [6.07, 6.45) is 0. The number of aromatic hydroxyl groups is 1. The average molecular weight is 270 g/mol. The largest absolute Gasteiger partial charge is 0.506 e. The monoisotopic (exact) mass is 269 g/mol. The summed E-state index contributed by atoms with van der Waals surface area (Å²) in [5, 5.41) is 21.9. The molecule has 1 heterocycles. The van der Waals surface area contributed by atoms with E-state index in [2.05, 4.69) is 5.16 Å². The second-order valence-electron chi connectivity index (χ2n) is 3.39. The van der Waals surface area contributed by atoms with E-state index in [1.165, 1.54) is 25.3 Å². The number of aromatic carboxylic acids is 1. The summed E-state index contributed by atoms with van der Waals surface area (Å²) >= 11 is 5.81. The Morgan fingerprint density at radius 1 is 1.44 bits per heavy atom. The van der Waals surface area contributed by atoms with Gasteiger partial charge in [0, 0.05) is 12.1 Å². The molecule has 0 bridgehead atoms. The topological polar surface area (TPSA) is 92.8 Å². The summed E-state index contributed by atoms with van der Waals surface area (Å²) in [6.45, 7) is 0. The Hall–Kier alpha value is -2.21. The van der Waals surface area contributed by atoms with Crippen LogP contribution in [0.4, 0.5) is 0 Å². The number of halogens is 1. The molecule has 0 radical (unpaired) electrons. The van der Waals surface area contributed by atoms with Gasteiger partial charge in [-0.25, -0.2) is 4.79 Å². The average Bonchev–Trinajstić information content (AvgIpc) is 2.82. The fraction of sp³-hybridized carbons (Fsp3) is 0.0909. The maximum atomic E-state index is 10.7. The van der Waals surface area contributed by atoms with E-state index in [4.69, 9.17) is 26.0 Å². The van der Waals surface area contributed by atoms with Crippen molar-refractivity contribution in [2.45, 2.75) is 0 Å². The zero-order valence-electron chi connectivity index (χ0n) is 9.18. The molecule has 2 N–H and O–H groups in total. The van der Waals surface area contributed by atoms with Crippen LogP contribution in [0.5, 0.6) is 11.5 Å². The number of methoxy groups -OCH3 is 1. The molecule has 2 rings (SSSR count). The number of carboxylic acids is 1. The molecule has 0 aliphatic rings. The normalized spacial score (nSPS) is 10.3. The predicted octanol–water partition coefficient (Wildman–Crippen LogP) is 2.41. The predicted molar refractivity (Wildman–Crippen MR) is 62.1 cm³/mol. The van der Waals surface area contributed by atoms with Gasteiger partial charge in [0.15, 0.2) is 11.5 Å². The van der Waals surface area contributed by atoms with Crippen LogP contribution in [-0.4, -0.2) is 28.4 Å². The number of rotatable bonds is 3. The van der Waals surface area contributed by atoms with Gasteiger partial charge >= 0.3 is 5.97 Å². The third-order valence-electron chi connectivity index (χ3n) is 2.27. The standard InChI is InChI=1S/C11H8ClNO5/c1-17-5-2-6(10(14)7(12)3-5)9-4-8(11(15)16)13-18-9/h2-4,14H,1H3,(H,15,16). The van der Waals surface area contributed by atoms with Crippen molar-refractivity contribution in [1.82, 2.24) is 5.16 Å². The van der Waals surface area contributed by atoms with Gasteiger partial charge in [-0.15, -0.1) is 0 Å². The Bertz CT molecular complexity index is 607. The van der Waals surface area contributed by atoms with E-state index >= 15 is 0 Å². The summed E-state index contributed by atoms with van der Waals surface area (Å²) < 4.78 is 9.83. The number of ether oxygens (including phenoxy) is 1. The van der Waals surface area contributed by atoms with Crippen LogP contribution >= 0.6 is 11.6 Å². The lowest BCUT2D eigenvalue weighted by atomic mass is 10.1. The lowest BCUT2D eigenvalue weighted by molar-refractivity contribution is 0.0686. The molecule has 0 atom stereocenters. The molecule has 1 aromatic carbocycles. The van der Waals surface area contributed by atoms with Crippen LogP contribution in [0.2, 0.25) is 5.02 Å². The number of benzene rings is 1. The van der Waals surface area contributed by atoms with Crippen molar-refractivity contribution >= 4 is 17.6 Å². The highest BCUT2D eigenvalue weighted by Gasteiger charge is 2.17. The van der Waals surface area contributed by atoms with E-state index in [0.717, 1.165) is 0 Å². The molecule has 0 saturated carbocycles. The number of nitrogens with zero attached hydrogens (tertiary/aromatic N) is 1. The highest BCUT2D eigenvalue weighted by molar-refractivity contribution is 6.32. The first-order chi connectivity index (χ1) is 8.52. The third kappa shape index (κ3) is 2.10. The van der Waals surface area contributed by atoms with Crippen molar-refractivity contribution in [1.29, 1.82) is 0 Å². The molecular formula is C11H8ClNO5. The molecule has 94 valence electrons. The number of phenols is 1. The minimum atomic E-state index is -1.22. The van der Waals surface area contributed by atoms with E-state index in [9.17, 15) is 9.90 Å². The first-order valence-corrected chi connectivity index (χ1v) is 5.17. The third-order valence-corrected chi connectivity index (χ3v) is 2.56. The lowest BCUT2D eigenvalue weighted by Gasteiger charge is -2.06. The number of carbonyl (C=O) groups is 1. The van der Waals surface area contributed by atoms with Gasteiger partial charge < -0.3 is 19.5 Å². The molecule has 0 unspecified atom stereocenters. The van der Waals surface area contributed by atoms with Crippen LogP contribution in [0.3, 0.4) is 0 Å². The van der Waals surface area contributed by atoms with Crippen LogP contribution < -0.4 is 4.74 Å². The fourth-order valence-corrected chi connectivity index (χ4v) is 1.59. The Balaban J connectivity index is 2.55. The zero-order valence-corrected chi connectivity index (χ0v) is 9.93. The second kappa shape index (κ2) is 4.58. The Labute approximate surface area is 106 Å². The van der Waals surface area contributed by atoms with Crippen LogP contribution in [0.25, 0.3) is 11.3 Å². The minimum absolute atomic E-state index is 0.0672. The molecule has 1 aromatic heterocycles. The van der Waals surface area contributed by atoms with Crippen LogP contribution in [0, 0.1) is 0 Å². The van der Waals surface area contributed by atoms with E-state index in [1.807, 2.05) is 0 Å². The van der Waals surface area contributed by atoms with Gasteiger partial charge in [-0.1, -0.05) is 16.8 Å². The molecule has 18 heavy (non-hydrogen) atoms. The van der Waals surface area contributed by atoms with Gasteiger partial charge in [0.2, 0.25) is 0 Å². The maximum absolute atomic E-state index is 10.7. The molecule has 2 aromatic rings. The summed E-state index contributed by atoms with van der Waals surface area (Å²) in [7, 11) is 1.44. The summed E-state index contributed by atoms with van der Waals surface area (Å²) in [4.78, 5) is 10.7. The van der Waals surface area contributed by atoms with Gasteiger partial charge in [-0.05, 0) is 6.07 Å². The quantitative estimate of drug-likeness (QED) is 0.889. The number of carboxylic acid groups (broad SMARTS) is 1. The maximum Gasteiger partial charge on any atom is 0.358 e. The summed E-state index contributed by atoms with van der Waals surface area (Å²) in [6, 6.07) is 4.08. The lowest BCUT2D eigenvalue weighted by Crippen LogP contribution is -1.94. The molecule has 0 aliphatic carbocycles. The number of aromatic nitrogens is 1. The van der Waals surface area contributed by atoms with Gasteiger partial charge in [0.05, 0.1) is 17.7 Å². The molecule has 0 amide bonds. The highest BCUT2D eigenvalue weighted by Crippen LogP contribution is 2.38. The molecule has 6 nitrogen and oxygen atoms in total. The Kier molecular flexibility index (Phi) is 3.12. The van der Waals surface area contributed by atoms with Crippen LogP contribution in [0.1, 0.15) is 10.5 Å². The zero-order chi connectivity index (χ0) is 13.3. The van der Waals surface area contributed by atoms with Crippen molar-refractivity contribution < 1.29 is 24.3 Å². The van der Waals surface area contributed by atoms with Gasteiger partial charge in [-0.2, -0.15) is 0 Å². The van der Waals surface area contributed by atoms with Crippen molar-refractivity contribution in [3.63, 3.8) is 0 Å². The smallest absolute Gasteiger partial charge is 0.358 e. The molecular weight excluding hydrogens is 262 g/mol. The first kappa shape index (κ1) is 12.3. The van der Waals surface area contributed by atoms with Gasteiger partial charge in [-0.3, -0.25) is 0 Å². The van der Waals surface area contributed by atoms with Crippen molar-refractivity contribution in [2.75, 3.05) is 7.11 Å². The minimum Gasteiger partial charge on any atom is -0.506 e. The molecule has 7 heteroatoms. The first-order valence-electron chi connectivity index (χ1n) is 4.80. The van der Waals surface area contributed by atoms with Crippen LogP contribution in [-0.2, 0) is 0 Å². The van der Waals surface area contributed by atoms with Crippen molar-refractivity contribution in [2.24, 2.45) is 0 Å². The number of hydrogen-bond acceptors (Lipinski definition) is 5. The van der Waals surface area contributed by atoms with Gasteiger partial charge in [0.25, 0.3) is 0 Å². The number of phenolic OH excluding ortho intramolecular Hbond substituents is 1. The van der Waals surface area contributed by atoms with Gasteiger partial charge in [0.1, 0.15) is 11.5 Å². The fourth-order valence-electron chi connectivity index (χ4n) is 1.38. The SMILES string of the molecule is COc1cc(Cl)c(O)c(-c2cc(C(=O)O)no2)c1. The number of hydrogen-bond donors (Lipinski definition) is 2. The van der Waals surface area contributed by atoms with E-state index in [-0.39, 0.29) is 27.8 Å². The molecule has 0 spiro atoms. The van der Waals surface area contributed by atoms with Crippen molar-refractivity contribution in [3.8, 4) is 22.8 Å². The Morgan fingerprint density at radius 3 is 2.72 bits per heavy atom. The Morgan fingerprint density at radius 2 is 2.17 bits per heavy atom. The molecule has 0 aliphatic heterocycles. The highest BCUT2D eigenvalue weighted by atomic mass is 35.5. The second-order valence-corrected chi connectivity index (χ2v) is 3.79. The van der Waals surface area contributed by atoms with Crippen molar-refractivity contribution in [3.05, 3.63) is 28.9 Å².